The molecule has 168 valence electrons. The Labute approximate surface area is 192 Å². The maximum atomic E-state index is 12.0. The van der Waals surface area contributed by atoms with Crippen LogP contribution in [-0.2, 0) is 14.4 Å². The molecule has 0 saturated heterocycles. The number of carboxylic acids is 2. The normalized spacial score (nSPS) is 12.4. The van der Waals surface area contributed by atoms with E-state index in [4.69, 9.17) is 5.11 Å². The molecule has 0 saturated carbocycles. The number of aliphatic carboxylic acids is 2. The van der Waals surface area contributed by atoms with E-state index in [1.807, 2.05) is 6.08 Å². The van der Waals surface area contributed by atoms with E-state index in [-0.39, 0.29) is 44.2 Å². The van der Waals surface area contributed by atoms with Crippen LogP contribution in [0.3, 0.4) is 0 Å². The molecule has 0 aliphatic rings. The van der Waals surface area contributed by atoms with Gasteiger partial charge in [-0.05, 0) is 51.4 Å². The van der Waals surface area contributed by atoms with Crippen molar-refractivity contribution in [3.05, 3.63) is 12.7 Å². The molecule has 0 aliphatic carbocycles. The average molecular weight is 421 g/mol. The number of unbranched alkanes of at least 4 members (excludes halogenated alkanes) is 4. The van der Waals surface area contributed by atoms with Crippen LogP contribution >= 0.6 is 0 Å². The van der Waals surface area contributed by atoms with Crippen LogP contribution in [0.25, 0.3) is 0 Å². The van der Waals surface area contributed by atoms with Crippen molar-refractivity contribution < 1.29 is 53.0 Å². The van der Waals surface area contributed by atoms with Gasteiger partial charge < -0.3 is 29.9 Å². The SMILES string of the molecule is C=CCCCCC(=O)NCC[N+](CCO)(CCCCC(=O)[O-])CCCCC(=O)O.[Li+]. The third kappa shape index (κ3) is 17.5. The monoisotopic (exact) mass is 421 g/mol. The zero-order valence-electron chi connectivity index (χ0n) is 18.6. The number of hydrogen-bond acceptors (Lipinski definition) is 5. The van der Waals surface area contributed by atoms with Crippen LogP contribution in [0.15, 0.2) is 12.7 Å². The van der Waals surface area contributed by atoms with E-state index in [0.717, 1.165) is 19.3 Å². The maximum absolute atomic E-state index is 12.0. The van der Waals surface area contributed by atoms with Gasteiger partial charge in [0.05, 0.1) is 32.8 Å². The van der Waals surface area contributed by atoms with Crippen molar-refractivity contribution in [1.82, 2.24) is 5.32 Å². The molecule has 0 aromatic heterocycles. The van der Waals surface area contributed by atoms with Gasteiger partial charge >= 0.3 is 24.8 Å². The van der Waals surface area contributed by atoms with Crippen LogP contribution < -0.4 is 29.3 Å². The molecule has 0 spiro atoms. The van der Waals surface area contributed by atoms with Crippen LogP contribution in [0.2, 0.25) is 0 Å². The van der Waals surface area contributed by atoms with E-state index >= 15 is 0 Å². The molecule has 30 heavy (non-hydrogen) atoms. The number of aliphatic hydroxyl groups excluding tert-OH is 1. The molecule has 0 bridgehead atoms. The molecule has 8 nitrogen and oxygen atoms in total. The van der Waals surface area contributed by atoms with Crippen molar-refractivity contribution in [3.63, 3.8) is 0 Å². The first kappa shape index (κ1) is 30.9. The molecular formula is C21H38LiN2O6+. The second-order valence-electron chi connectivity index (χ2n) is 7.52. The van der Waals surface area contributed by atoms with E-state index in [9.17, 15) is 24.6 Å². The van der Waals surface area contributed by atoms with Gasteiger partial charge in [0.2, 0.25) is 5.91 Å². The summed E-state index contributed by atoms with van der Waals surface area (Å²) in [6.45, 7) is 6.59. The van der Waals surface area contributed by atoms with Crippen molar-refractivity contribution in [2.45, 2.75) is 64.2 Å². The Balaban J connectivity index is 0. The van der Waals surface area contributed by atoms with Gasteiger partial charge in [-0.1, -0.05) is 6.08 Å². The van der Waals surface area contributed by atoms with Crippen LogP contribution in [0, 0.1) is 0 Å². The van der Waals surface area contributed by atoms with Gasteiger partial charge in [-0.2, -0.15) is 0 Å². The number of aliphatic hydroxyl groups is 1. The first-order valence-corrected chi connectivity index (χ1v) is 10.6. The number of nitrogens with one attached hydrogen (secondary N) is 1. The summed E-state index contributed by atoms with van der Waals surface area (Å²) in [5, 5.41) is 31.9. The summed E-state index contributed by atoms with van der Waals surface area (Å²) in [5.74, 6) is -1.91. The number of rotatable bonds is 20. The largest absolute Gasteiger partial charge is 1.00 e. The number of nitrogens with zero attached hydrogens (tertiary/aromatic N) is 1. The van der Waals surface area contributed by atoms with E-state index in [2.05, 4.69) is 11.9 Å². The number of carboxylic acid groups (broad SMARTS) is 2. The molecule has 9 heteroatoms. The van der Waals surface area contributed by atoms with E-state index in [1.165, 1.54) is 0 Å². The van der Waals surface area contributed by atoms with Crippen LogP contribution in [0.5, 0.6) is 0 Å². The van der Waals surface area contributed by atoms with Gasteiger partial charge in [-0.3, -0.25) is 9.59 Å². The van der Waals surface area contributed by atoms with E-state index < -0.39 is 11.9 Å². The van der Waals surface area contributed by atoms with Gasteiger partial charge in [0.25, 0.3) is 0 Å². The van der Waals surface area contributed by atoms with Crippen LogP contribution in [0.4, 0.5) is 0 Å². The van der Waals surface area contributed by atoms with Crippen molar-refractivity contribution >= 4 is 17.8 Å². The zero-order chi connectivity index (χ0) is 22.0. The summed E-state index contributed by atoms with van der Waals surface area (Å²) in [6.07, 6.45) is 7.47. The molecule has 0 aliphatic heterocycles. The summed E-state index contributed by atoms with van der Waals surface area (Å²) >= 11 is 0. The molecular weight excluding hydrogens is 383 g/mol. The summed E-state index contributed by atoms with van der Waals surface area (Å²) in [7, 11) is 0. The predicted molar refractivity (Wildman–Crippen MR) is 109 cm³/mol. The predicted octanol–water partition coefficient (Wildman–Crippen LogP) is -2.16. The Morgan fingerprint density at radius 1 is 0.900 bits per heavy atom. The quantitative estimate of drug-likeness (QED) is 0.0889. The van der Waals surface area contributed by atoms with E-state index in [1.54, 1.807) is 0 Å². The Morgan fingerprint density at radius 2 is 1.50 bits per heavy atom. The average Bonchev–Trinajstić information content (AvgIpc) is 2.66. The van der Waals surface area contributed by atoms with Crippen molar-refractivity contribution in [1.29, 1.82) is 0 Å². The number of hydrogen-bond donors (Lipinski definition) is 3. The molecule has 0 rings (SSSR count). The fourth-order valence-electron chi connectivity index (χ4n) is 3.42. The molecule has 1 unspecified atom stereocenters. The fourth-order valence-corrected chi connectivity index (χ4v) is 3.42. The third-order valence-electron chi connectivity index (χ3n) is 5.08. The number of carbonyl (C=O) groups is 3. The minimum absolute atomic E-state index is 0. The van der Waals surface area contributed by atoms with Crippen LogP contribution in [-0.4, -0.2) is 71.9 Å². The second-order valence-corrected chi connectivity index (χ2v) is 7.52. The molecule has 0 fully saturated rings. The standard InChI is InChI=1S/C21H38N2O6.Li/c1-2-3-4-5-10-19(25)22-13-16-23(17-18-24,14-8-6-11-20(26)27)15-9-7-12-21(28)29;/h2,24H,1,3-18H2,(H2-,22,25,26,27,28,29);/q;+1. The number of quaternary nitrogens is 1. The molecule has 0 radical (unpaired) electrons. The minimum Gasteiger partial charge on any atom is -0.550 e. The molecule has 0 aromatic carbocycles. The Bertz CT molecular complexity index is 480. The zero-order valence-corrected chi connectivity index (χ0v) is 18.6. The van der Waals surface area contributed by atoms with Gasteiger partial charge in [0.1, 0.15) is 6.54 Å². The topological polar surface area (TPSA) is 127 Å². The van der Waals surface area contributed by atoms with Gasteiger partial charge in [-0.15, -0.1) is 6.58 Å². The molecule has 0 aromatic rings. The number of carbonyl (C=O) groups excluding carboxylic acids is 2. The molecule has 0 heterocycles. The number of amides is 1. The summed E-state index contributed by atoms with van der Waals surface area (Å²) < 4.78 is 0.542. The maximum Gasteiger partial charge on any atom is 1.00 e. The molecule has 1 amide bonds. The smallest absolute Gasteiger partial charge is 0.550 e. The third-order valence-corrected chi connectivity index (χ3v) is 5.08. The van der Waals surface area contributed by atoms with Crippen LogP contribution in [0.1, 0.15) is 64.2 Å². The Hall–Kier alpha value is -1.33. The second kappa shape index (κ2) is 19.6. The minimum atomic E-state index is -1.07. The Morgan fingerprint density at radius 3 is 2.03 bits per heavy atom. The number of allylic oxidation sites excluding steroid dienone is 1. The van der Waals surface area contributed by atoms with E-state index in [0.29, 0.717) is 69.3 Å². The van der Waals surface area contributed by atoms with Crippen molar-refractivity contribution in [2.24, 2.45) is 0 Å². The summed E-state index contributed by atoms with van der Waals surface area (Å²) in [6, 6.07) is 0. The van der Waals surface area contributed by atoms with Gasteiger partial charge in [0.15, 0.2) is 0 Å². The molecule has 3 N–H and O–H groups in total. The molecule has 1 atom stereocenters. The van der Waals surface area contributed by atoms with Gasteiger partial charge in [0, 0.05) is 18.8 Å². The van der Waals surface area contributed by atoms with Crippen molar-refractivity contribution in [2.75, 3.05) is 39.3 Å². The summed E-state index contributed by atoms with van der Waals surface area (Å²) in [5.41, 5.74) is 0. The summed E-state index contributed by atoms with van der Waals surface area (Å²) in [4.78, 5) is 33.4. The van der Waals surface area contributed by atoms with Gasteiger partial charge in [-0.25, -0.2) is 0 Å². The Kier molecular flexibility index (Phi) is 20.2. The first-order chi connectivity index (χ1) is 13.8. The first-order valence-electron chi connectivity index (χ1n) is 10.6. The fraction of sp³-hybridized carbons (Fsp3) is 0.762. The van der Waals surface area contributed by atoms with Crippen molar-refractivity contribution in [3.8, 4) is 0 Å².